The van der Waals surface area contributed by atoms with Gasteiger partial charge in [-0.1, -0.05) is 103 Å². The van der Waals surface area contributed by atoms with Gasteiger partial charge in [0.05, 0.1) is 33.7 Å². The highest BCUT2D eigenvalue weighted by atomic mass is 15.0. The molecule has 2 aromatic heterocycles. The molecule has 7 aromatic carbocycles. The van der Waals surface area contributed by atoms with E-state index in [0.717, 1.165) is 49.9 Å². The summed E-state index contributed by atoms with van der Waals surface area (Å²) in [6, 6.07) is 60.3. The summed E-state index contributed by atoms with van der Waals surface area (Å²) in [7, 11) is 0. The number of hydrogen-bond acceptors (Lipinski definition) is 1. The summed E-state index contributed by atoms with van der Waals surface area (Å²) >= 11 is 0. The molecule has 3 heteroatoms. The van der Waals surface area contributed by atoms with Gasteiger partial charge < -0.3 is 9.13 Å². The van der Waals surface area contributed by atoms with Gasteiger partial charge in [-0.2, -0.15) is 5.26 Å². The Kier molecular flexibility index (Phi) is 5.88. The van der Waals surface area contributed by atoms with Gasteiger partial charge in [0.15, 0.2) is 0 Å². The van der Waals surface area contributed by atoms with Crippen LogP contribution in [-0.2, 0) is 0 Å². The molecule has 2 heterocycles. The van der Waals surface area contributed by atoms with Crippen molar-refractivity contribution in [2.45, 2.75) is 0 Å². The van der Waals surface area contributed by atoms with Gasteiger partial charge in [0.25, 0.3) is 0 Å². The summed E-state index contributed by atoms with van der Waals surface area (Å²) in [5, 5.41) is 14.6. The van der Waals surface area contributed by atoms with Gasteiger partial charge in [-0.25, -0.2) is 0 Å². The van der Waals surface area contributed by atoms with Gasteiger partial charge in [0.2, 0.25) is 0 Å². The van der Waals surface area contributed by atoms with Crippen LogP contribution in [-0.4, -0.2) is 9.13 Å². The van der Waals surface area contributed by atoms with Gasteiger partial charge in [0, 0.05) is 32.9 Å². The lowest BCUT2D eigenvalue weighted by atomic mass is 10.0. The van der Waals surface area contributed by atoms with Crippen LogP contribution >= 0.6 is 0 Å². The molecular weight excluding hydrogens is 558 g/mol. The molecule has 0 amide bonds. The van der Waals surface area contributed by atoms with Crippen molar-refractivity contribution in [1.29, 1.82) is 5.26 Å². The van der Waals surface area contributed by atoms with E-state index in [0.29, 0.717) is 5.56 Å². The summed E-state index contributed by atoms with van der Waals surface area (Å²) in [6.45, 7) is 0. The first-order chi connectivity index (χ1) is 22.8. The van der Waals surface area contributed by atoms with Crippen LogP contribution < -0.4 is 0 Å². The van der Waals surface area contributed by atoms with Crippen LogP contribution in [0.2, 0.25) is 0 Å². The highest BCUT2D eigenvalue weighted by molar-refractivity contribution is 6.12. The first-order valence-electron chi connectivity index (χ1n) is 15.5. The zero-order valence-electron chi connectivity index (χ0n) is 24.9. The molecule has 0 fully saturated rings. The smallest absolute Gasteiger partial charge is 0.0992 e. The Hall–Kier alpha value is -6.37. The summed E-state index contributed by atoms with van der Waals surface area (Å²) in [5.74, 6) is 0. The number of aromatic nitrogens is 2. The molecule has 0 saturated carbocycles. The second-order valence-electron chi connectivity index (χ2n) is 11.7. The van der Waals surface area contributed by atoms with Crippen LogP contribution in [0, 0.1) is 11.3 Å². The Morgan fingerprint density at radius 2 is 0.913 bits per heavy atom. The monoisotopic (exact) mass is 585 g/mol. The minimum atomic E-state index is 0.649. The number of para-hydroxylation sites is 2. The molecule has 0 atom stereocenters. The lowest BCUT2D eigenvalue weighted by molar-refractivity contribution is 1.18. The maximum atomic E-state index is 9.79. The predicted octanol–water partition coefficient (Wildman–Crippen LogP) is 11.1. The molecule has 0 aliphatic carbocycles. The molecule has 0 unspecified atom stereocenters. The lowest BCUT2D eigenvalue weighted by Crippen LogP contribution is -1.95. The molecule has 0 spiro atoms. The molecule has 0 saturated heterocycles. The molecule has 9 rings (SSSR count). The maximum Gasteiger partial charge on any atom is 0.0992 e. The average molecular weight is 586 g/mol. The Labute approximate surface area is 266 Å². The number of benzene rings is 7. The lowest BCUT2D eigenvalue weighted by Gasteiger charge is -2.12. The highest BCUT2D eigenvalue weighted by Gasteiger charge is 2.17. The van der Waals surface area contributed by atoms with E-state index in [-0.39, 0.29) is 0 Å². The first-order valence-corrected chi connectivity index (χ1v) is 15.5. The van der Waals surface area contributed by atoms with Crippen molar-refractivity contribution in [1.82, 2.24) is 9.13 Å². The fourth-order valence-corrected chi connectivity index (χ4v) is 7.01. The molecule has 0 radical (unpaired) electrons. The average Bonchev–Trinajstić information content (AvgIpc) is 3.64. The number of nitriles is 1. The quantitative estimate of drug-likeness (QED) is 0.202. The van der Waals surface area contributed by atoms with E-state index in [2.05, 4.69) is 161 Å². The van der Waals surface area contributed by atoms with Crippen molar-refractivity contribution in [3.05, 3.63) is 169 Å². The number of hydrogen-bond donors (Lipinski definition) is 0. The Balaban J connectivity index is 1.27. The van der Waals surface area contributed by atoms with Crippen LogP contribution in [0.25, 0.3) is 77.2 Å². The first kappa shape index (κ1) is 26.1. The fourth-order valence-electron chi connectivity index (χ4n) is 7.01. The van der Waals surface area contributed by atoms with Crippen molar-refractivity contribution in [3.63, 3.8) is 0 Å². The summed E-state index contributed by atoms with van der Waals surface area (Å²) < 4.78 is 4.66. The van der Waals surface area contributed by atoms with Crippen molar-refractivity contribution in [3.8, 4) is 39.7 Å². The third-order valence-electron chi connectivity index (χ3n) is 9.13. The third-order valence-corrected chi connectivity index (χ3v) is 9.13. The Morgan fingerprint density at radius 3 is 1.74 bits per heavy atom. The fraction of sp³-hybridized carbons (Fsp3) is 0. The van der Waals surface area contributed by atoms with Crippen molar-refractivity contribution in [2.24, 2.45) is 0 Å². The van der Waals surface area contributed by atoms with E-state index >= 15 is 0 Å². The largest absolute Gasteiger partial charge is 0.309 e. The van der Waals surface area contributed by atoms with Crippen molar-refractivity contribution in [2.75, 3.05) is 0 Å². The van der Waals surface area contributed by atoms with E-state index in [9.17, 15) is 5.26 Å². The summed E-state index contributed by atoms with van der Waals surface area (Å²) in [4.78, 5) is 0. The molecule has 3 nitrogen and oxygen atoms in total. The topological polar surface area (TPSA) is 33.6 Å². The zero-order chi connectivity index (χ0) is 30.6. The van der Waals surface area contributed by atoms with Gasteiger partial charge >= 0.3 is 0 Å². The molecule has 214 valence electrons. The van der Waals surface area contributed by atoms with E-state index < -0.39 is 0 Å². The van der Waals surface area contributed by atoms with E-state index in [1.165, 1.54) is 27.4 Å². The molecule has 46 heavy (non-hydrogen) atoms. The number of rotatable bonds is 4. The van der Waals surface area contributed by atoms with E-state index in [4.69, 9.17) is 0 Å². The second kappa shape index (κ2) is 10.4. The predicted molar refractivity (Wildman–Crippen MR) is 191 cm³/mol. The standard InChI is InChI=1S/C43H27N3/c44-28-29-18-21-37-38-22-19-33(27-43(38)46(42(37)24-29)35-15-9-12-31(25-35)30-10-3-1-4-11-30)32-20-23-41-39(26-32)36-16-7-8-17-40(36)45(41)34-13-5-2-6-14-34/h1-27H. The van der Waals surface area contributed by atoms with Crippen molar-refractivity contribution >= 4 is 43.6 Å². The van der Waals surface area contributed by atoms with Gasteiger partial charge in [-0.3, -0.25) is 0 Å². The minimum Gasteiger partial charge on any atom is -0.309 e. The number of fused-ring (bicyclic) bond motifs is 6. The molecule has 0 N–H and O–H groups in total. The minimum absolute atomic E-state index is 0.649. The normalized spacial score (nSPS) is 11.5. The van der Waals surface area contributed by atoms with Crippen LogP contribution in [0.1, 0.15) is 5.56 Å². The van der Waals surface area contributed by atoms with Crippen LogP contribution in [0.3, 0.4) is 0 Å². The third kappa shape index (κ3) is 4.05. The molecular formula is C43H27N3. The Bertz CT molecular complexity index is 2630. The van der Waals surface area contributed by atoms with Crippen molar-refractivity contribution < 1.29 is 0 Å². The van der Waals surface area contributed by atoms with Crippen LogP contribution in [0.4, 0.5) is 0 Å². The Morgan fingerprint density at radius 1 is 0.348 bits per heavy atom. The molecule has 0 aliphatic heterocycles. The molecule has 0 bridgehead atoms. The summed E-state index contributed by atoms with van der Waals surface area (Å²) in [5.41, 5.74) is 12.0. The molecule has 9 aromatic rings. The van der Waals surface area contributed by atoms with Crippen LogP contribution in [0.5, 0.6) is 0 Å². The highest BCUT2D eigenvalue weighted by Crippen LogP contribution is 2.38. The van der Waals surface area contributed by atoms with Gasteiger partial charge in [-0.15, -0.1) is 0 Å². The van der Waals surface area contributed by atoms with Gasteiger partial charge in [-0.05, 0) is 82.9 Å². The maximum absolute atomic E-state index is 9.79. The van der Waals surface area contributed by atoms with Gasteiger partial charge in [0.1, 0.15) is 0 Å². The number of nitrogens with zero attached hydrogens (tertiary/aromatic N) is 3. The zero-order valence-corrected chi connectivity index (χ0v) is 24.9. The van der Waals surface area contributed by atoms with Crippen LogP contribution in [0.15, 0.2) is 164 Å². The van der Waals surface area contributed by atoms with E-state index in [1.807, 2.05) is 18.2 Å². The summed E-state index contributed by atoms with van der Waals surface area (Å²) in [6.07, 6.45) is 0. The molecule has 0 aliphatic rings. The SMILES string of the molecule is N#Cc1ccc2c3ccc(-c4ccc5c(c4)c4ccccc4n5-c4ccccc4)cc3n(-c3cccc(-c4ccccc4)c3)c2c1. The second-order valence-corrected chi connectivity index (χ2v) is 11.7. The van der Waals surface area contributed by atoms with E-state index in [1.54, 1.807) is 0 Å².